The van der Waals surface area contributed by atoms with E-state index in [2.05, 4.69) is 19.1 Å². The van der Waals surface area contributed by atoms with Gasteiger partial charge >= 0.3 is 0 Å². The zero-order valence-electron chi connectivity index (χ0n) is 11.2. The Balaban J connectivity index is 0. The second-order valence-electron chi connectivity index (χ2n) is 3.52. The number of hydrogen-bond donors (Lipinski definition) is 0. The summed E-state index contributed by atoms with van der Waals surface area (Å²) in [5, 5.41) is 0. The first-order chi connectivity index (χ1) is 8.18. The highest BCUT2D eigenvalue weighted by atomic mass is 16.1. The molecule has 0 atom stereocenters. The quantitative estimate of drug-likeness (QED) is 0.289. The lowest BCUT2D eigenvalue weighted by molar-refractivity contribution is -0.117. The molecule has 0 spiro atoms. The predicted octanol–water partition coefficient (Wildman–Crippen LogP) is 4.03. The third kappa shape index (κ3) is 25.1. The fourth-order valence-corrected chi connectivity index (χ4v) is 0.960. The van der Waals surface area contributed by atoms with Crippen molar-refractivity contribution in [3.8, 4) is 0 Å². The smallest absolute Gasteiger partial charge is 0.142 e. The predicted molar refractivity (Wildman–Crippen MR) is 74.0 cm³/mol. The van der Waals surface area contributed by atoms with E-state index in [9.17, 15) is 9.59 Å². The van der Waals surface area contributed by atoms with Crippen molar-refractivity contribution in [3.05, 3.63) is 36.5 Å². The number of ketones is 1. The summed E-state index contributed by atoms with van der Waals surface area (Å²) in [7, 11) is 0. The highest BCUT2D eigenvalue weighted by Gasteiger charge is 1.83. The first kappa shape index (κ1) is 17.9. The first-order valence-corrected chi connectivity index (χ1v) is 6.10. The molecule has 0 saturated carbocycles. The largest absolute Gasteiger partial charge is 0.300 e. The highest BCUT2D eigenvalue weighted by Crippen LogP contribution is 1.88. The summed E-state index contributed by atoms with van der Waals surface area (Å²) in [6, 6.07) is 0. The summed E-state index contributed by atoms with van der Waals surface area (Å²) in [4.78, 5) is 19.8. The van der Waals surface area contributed by atoms with Crippen LogP contribution in [0, 0.1) is 0 Å². The van der Waals surface area contributed by atoms with Crippen molar-refractivity contribution in [2.75, 3.05) is 0 Å². The Morgan fingerprint density at radius 1 is 1.00 bits per heavy atom. The second-order valence-corrected chi connectivity index (χ2v) is 3.52. The molecule has 0 unspecified atom stereocenters. The Labute approximate surface area is 105 Å². The van der Waals surface area contributed by atoms with Gasteiger partial charge in [0.25, 0.3) is 0 Å². The minimum absolute atomic E-state index is 0.289. The molecule has 0 bridgehead atoms. The van der Waals surface area contributed by atoms with Gasteiger partial charge in [0, 0.05) is 6.42 Å². The highest BCUT2D eigenvalue weighted by molar-refractivity contribution is 5.75. The minimum atomic E-state index is 0.289. The Morgan fingerprint density at radius 2 is 1.71 bits per heavy atom. The van der Waals surface area contributed by atoms with Crippen LogP contribution in [-0.4, -0.2) is 12.1 Å². The van der Waals surface area contributed by atoms with Gasteiger partial charge in [-0.2, -0.15) is 0 Å². The van der Waals surface area contributed by atoms with E-state index in [0.717, 1.165) is 32.0 Å². The van der Waals surface area contributed by atoms with Crippen LogP contribution < -0.4 is 0 Å². The van der Waals surface area contributed by atoms with Crippen LogP contribution >= 0.6 is 0 Å². The van der Waals surface area contributed by atoms with E-state index in [1.165, 1.54) is 6.08 Å². The monoisotopic (exact) mass is 236 g/mol. The van der Waals surface area contributed by atoms with E-state index in [4.69, 9.17) is 0 Å². The average Bonchev–Trinajstić information content (AvgIpc) is 2.29. The number of carbonyl (C=O) groups is 2. The molecule has 2 nitrogen and oxygen atoms in total. The molecule has 17 heavy (non-hydrogen) atoms. The van der Waals surface area contributed by atoms with E-state index in [0.29, 0.717) is 0 Å². The van der Waals surface area contributed by atoms with Gasteiger partial charge in [-0.05, 0) is 32.3 Å². The van der Waals surface area contributed by atoms with Crippen molar-refractivity contribution in [3.63, 3.8) is 0 Å². The molecule has 0 rings (SSSR count). The van der Waals surface area contributed by atoms with Crippen LogP contribution in [0.2, 0.25) is 0 Å². The molecule has 0 aliphatic heterocycles. The van der Waals surface area contributed by atoms with Crippen molar-refractivity contribution < 1.29 is 9.59 Å². The Hall–Kier alpha value is -1.44. The van der Waals surface area contributed by atoms with Crippen LogP contribution in [-0.2, 0) is 9.59 Å². The molecule has 0 radical (unpaired) electrons. The van der Waals surface area contributed by atoms with E-state index in [1.807, 2.05) is 19.1 Å². The molecule has 0 fully saturated rings. The summed E-state index contributed by atoms with van der Waals surface area (Å²) in [6.45, 7) is 5.72. The number of aldehydes is 1. The summed E-state index contributed by atoms with van der Waals surface area (Å²) < 4.78 is 0. The molecule has 0 aromatic carbocycles. The number of hydrogen-bond acceptors (Lipinski definition) is 2. The van der Waals surface area contributed by atoms with Crippen molar-refractivity contribution in [1.82, 2.24) is 0 Å². The maximum Gasteiger partial charge on any atom is 0.142 e. The number of allylic oxidation sites excluding steroid dienone is 6. The standard InChI is InChI=1S/C10H14O.C5H10O/c1-2-3-4-5-6-7-8-9-10-11;1-3-4-5(2)6/h3-4,6-10H,2,5H2,1H3;3-4H2,1-2H3/b4-3+,7-6+,9-8+;. The van der Waals surface area contributed by atoms with Crippen LogP contribution in [0.3, 0.4) is 0 Å². The SMILES string of the molecule is CC/C=C/C/C=C/C=C/C=O.CCCC(C)=O. The molecule has 0 aromatic rings. The van der Waals surface area contributed by atoms with E-state index in [-0.39, 0.29) is 5.78 Å². The van der Waals surface area contributed by atoms with Gasteiger partial charge in [-0.1, -0.05) is 44.2 Å². The maximum atomic E-state index is 10.0. The first-order valence-electron chi connectivity index (χ1n) is 6.10. The lowest BCUT2D eigenvalue weighted by atomic mass is 10.3. The Kier molecular flexibility index (Phi) is 17.9. The number of rotatable bonds is 7. The minimum Gasteiger partial charge on any atom is -0.300 e. The van der Waals surface area contributed by atoms with Gasteiger partial charge < -0.3 is 4.79 Å². The van der Waals surface area contributed by atoms with Crippen molar-refractivity contribution in [2.45, 2.75) is 46.5 Å². The Bertz CT molecular complexity index is 260. The van der Waals surface area contributed by atoms with E-state index in [1.54, 1.807) is 13.0 Å². The Morgan fingerprint density at radius 3 is 2.12 bits per heavy atom. The van der Waals surface area contributed by atoms with E-state index < -0.39 is 0 Å². The summed E-state index contributed by atoms with van der Waals surface area (Å²) in [6.07, 6.45) is 15.8. The fraction of sp³-hybridized carbons (Fsp3) is 0.467. The molecule has 0 aromatic heterocycles. The van der Waals surface area contributed by atoms with Gasteiger partial charge in [-0.3, -0.25) is 4.79 Å². The van der Waals surface area contributed by atoms with E-state index >= 15 is 0 Å². The third-order valence-corrected chi connectivity index (χ3v) is 1.71. The third-order valence-electron chi connectivity index (χ3n) is 1.71. The number of Topliss-reactive ketones (excluding diaryl/α,β-unsaturated/α-hetero) is 1. The fourth-order valence-electron chi connectivity index (χ4n) is 0.960. The van der Waals surface area contributed by atoms with Crippen LogP contribution in [0.15, 0.2) is 36.5 Å². The number of carbonyl (C=O) groups excluding carboxylic acids is 2. The van der Waals surface area contributed by atoms with Gasteiger partial charge in [0.05, 0.1) is 0 Å². The molecule has 0 N–H and O–H groups in total. The topological polar surface area (TPSA) is 34.1 Å². The molecule has 0 aliphatic carbocycles. The van der Waals surface area contributed by atoms with Gasteiger partial charge in [0.1, 0.15) is 12.1 Å². The summed E-state index contributed by atoms with van der Waals surface area (Å²) in [5.41, 5.74) is 0. The van der Waals surface area contributed by atoms with Crippen molar-refractivity contribution in [2.24, 2.45) is 0 Å². The summed E-state index contributed by atoms with van der Waals surface area (Å²) in [5.74, 6) is 0.289. The molecule has 96 valence electrons. The van der Waals surface area contributed by atoms with Crippen molar-refractivity contribution >= 4 is 12.1 Å². The molecule has 0 saturated heterocycles. The van der Waals surface area contributed by atoms with Gasteiger partial charge in [0.15, 0.2) is 0 Å². The van der Waals surface area contributed by atoms with Crippen LogP contribution in [0.25, 0.3) is 0 Å². The van der Waals surface area contributed by atoms with Gasteiger partial charge in [-0.25, -0.2) is 0 Å². The van der Waals surface area contributed by atoms with Gasteiger partial charge in [-0.15, -0.1) is 0 Å². The maximum absolute atomic E-state index is 10.0. The lowest BCUT2D eigenvalue weighted by Gasteiger charge is -1.80. The summed E-state index contributed by atoms with van der Waals surface area (Å²) >= 11 is 0. The zero-order chi connectivity index (χ0) is 13.4. The molecule has 0 amide bonds. The van der Waals surface area contributed by atoms with Crippen LogP contribution in [0.5, 0.6) is 0 Å². The second kappa shape index (κ2) is 17.0. The van der Waals surface area contributed by atoms with Gasteiger partial charge in [0.2, 0.25) is 0 Å². The van der Waals surface area contributed by atoms with Crippen LogP contribution in [0.4, 0.5) is 0 Å². The molecule has 0 heterocycles. The molecular formula is C15H24O2. The van der Waals surface area contributed by atoms with Crippen LogP contribution in [0.1, 0.15) is 46.5 Å². The van der Waals surface area contributed by atoms with Crippen molar-refractivity contribution in [1.29, 1.82) is 0 Å². The average molecular weight is 236 g/mol. The molecular weight excluding hydrogens is 212 g/mol. The lowest BCUT2D eigenvalue weighted by Crippen LogP contribution is -1.84. The molecule has 2 heteroatoms. The molecule has 0 aliphatic rings. The zero-order valence-corrected chi connectivity index (χ0v) is 11.2. The normalized spacial score (nSPS) is 10.8.